The van der Waals surface area contributed by atoms with Crippen LogP contribution in [-0.2, 0) is 33.6 Å². The lowest BCUT2D eigenvalue weighted by Gasteiger charge is -2.43. The summed E-state index contributed by atoms with van der Waals surface area (Å²) in [6.07, 6.45) is 8.55. The molecule has 2 aromatic rings. The first-order valence-electron chi connectivity index (χ1n) is 18.7. The predicted molar refractivity (Wildman–Crippen MR) is 197 cm³/mol. The molecule has 3 N–H and O–H groups in total. The molecule has 1 saturated heterocycles. The summed E-state index contributed by atoms with van der Waals surface area (Å²) in [5, 5.41) is 7.21. The van der Waals surface area contributed by atoms with E-state index in [-0.39, 0.29) is 31.6 Å². The van der Waals surface area contributed by atoms with Gasteiger partial charge in [0.05, 0.1) is 19.8 Å². The molecule has 2 saturated carbocycles. The Balaban J connectivity index is 1.25. The highest BCUT2D eigenvalue weighted by molar-refractivity contribution is 7.85. The Kier molecular flexibility index (Phi) is 11.4. The zero-order valence-corrected chi connectivity index (χ0v) is 32.3. The van der Waals surface area contributed by atoms with E-state index in [2.05, 4.69) is 15.6 Å². The van der Waals surface area contributed by atoms with Crippen LogP contribution in [-0.4, -0.2) is 92.2 Å². The summed E-state index contributed by atoms with van der Waals surface area (Å²) in [5.74, 6) is -1.93. The Labute approximate surface area is 316 Å². The van der Waals surface area contributed by atoms with Crippen LogP contribution in [0.15, 0.2) is 42.6 Å². The van der Waals surface area contributed by atoms with Crippen molar-refractivity contribution in [2.24, 2.45) is 17.3 Å². The fraction of sp³-hybridized carbons (Fsp3) is 0.605. The predicted octanol–water partition coefficient (Wildman–Crippen LogP) is 3.91. The van der Waals surface area contributed by atoms with Gasteiger partial charge in [0.15, 0.2) is 0 Å². The number of likely N-dealkylation sites (tertiary alicyclic amines) is 1. The first-order chi connectivity index (χ1) is 25.6. The van der Waals surface area contributed by atoms with Crippen LogP contribution in [0.5, 0.6) is 11.6 Å². The van der Waals surface area contributed by atoms with Crippen molar-refractivity contribution in [2.75, 3.05) is 20.3 Å². The summed E-state index contributed by atoms with van der Waals surface area (Å²) in [4.78, 5) is 61.5. The maximum atomic E-state index is 14.6. The highest BCUT2D eigenvalue weighted by atomic mass is 32.2. The standard InChI is InChI=1S/C38H51N5O10S/c1-6-25-15-17-38(25,35(46)42-54(48,49)53-27-11-12-27)41-32(44)30-19-23(22-51-33-29-14-13-28(50-5)20-24(29)16-18-39-33)21-43(30)34(45)31(37(2,3)4)40-36(47)52-26-9-7-8-10-26/h13-18,20,23,25-27,30-31H,6-12,19,21-22H2,1-5H3,(H,40,47)(H,41,44)(H,42,46)/t23-,25?,30+,31-,38-/m1/s1. The molecule has 294 valence electrons. The monoisotopic (exact) mass is 769 g/mol. The summed E-state index contributed by atoms with van der Waals surface area (Å²) in [6.45, 7) is 7.45. The van der Waals surface area contributed by atoms with Gasteiger partial charge < -0.3 is 29.7 Å². The molecule has 1 aromatic heterocycles. The Bertz CT molecular complexity index is 1890. The van der Waals surface area contributed by atoms with E-state index in [9.17, 15) is 27.6 Å². The molecule has 0 bridgehead atoms. The second kappa shape index (κ2) is 15.7. The Morgan fingerprint density at radius 3 is 2.43 bits per heavy atom. The van der Waals surface area contributed by atoms with Crippen molar-refractivity contribution in [3.8, 4) is 11.6 Å². The van der Waals surface area contributed by atoms with Gasteiger partial charge in [0, 0.05) is 30.0 Å². The number of nitrogens with zero attached hydrogens (tertiary/aromatic N) is 2. The van der Waals surface area contributed by atoms with E-state index in [1.807, 2.05) is 50.6 Å². The van der Waals surface area contributed by atoms with Gasteiger partial charge in [-0.1, -0.05) is 39.8 Å². The molecular formula is C38H51N5O10S. The topological polar surface area (TPSA) is 192 Å². The maximum absolute atomic E-state index is 14.6. The van der Waals surface area contributed by atoms with Crippen LogP contribution in [0.25, 0.3) is 10.8 Å². The molecule has 6 rings (SSSR count). The lowest BCUT2D eigenvalue weighted by molar-refractivity contribution is -0.143. The van der Waals surface area contributed by atoms with Crippen LogP contribution in [0.2, 0.25) is 0 Å². The van der Waals surface area contributed by atoms with Crippen LogP contribution >= 0.6 is 0 Å². The molecule has 1 aliphatic heterocycles. The summed E-state index contributed by atoms with van der Waals surface area (Å²) >= 11 is 0. The maximum Gasteiger partial charge on any atom is 0.408 e. The van der Waals surface area contributed by atoms with Crippen molar-refractivity contribution in [1.82, 2.24) is 25.2 Å². The second-order valence-electron chi connectivity index (χ2n) is 15.8. The number of benzene rings is 1. The zero-order chi connectivity index (χ0) is 38.8. The summed E-state index contributed by atoms with van der Waals surface area (Å²) in [5.41, 5.74) is -2.48. The van der Waals surface area contributed by atoms with E-state index in [0.717, 1.165) is 36.5 Å². The second-order valence-corrected chi connectivity index (χ2v) is 17.1. The van der Waals surface area contributed by atoms with Crippen molar-refractivity contribution >= 4 is 44.9 Å². The number of methoxy groups -OCH3 is 1. The minimum atomic E-state index is -4.43. The number of fused-ring (bicyclic) bond motifs is 1. The van der Waals surface area contributed by atoms with Crippen molar-refractivity contribution in [3.63, 3.8) is 0 Å². The van der Waals surface area contributed by atoms with Gasteiger partial charge in [-0.05, 0) is 86.4 Å². The smallest absolute Gasteiger partial charge is 0.408 e. The molecule has 0 spiro atoms. The molecule has 16 heteroatoms. The van der Waals surface area contributed by atoms with E-state index in [0.29, 0.717) is 30.9 Å². The summed E-state index contributed by atoms with van der Waals surface area (Å²) in [7, 11) is -2.84. The van der Waals surface area contributed by atoms with Crippen molar-refractivity contribution in [2.45, 2.75) is 109 Å². The molecule has 15 nitrogen and oxygen atoms in total. The Morgan fingerprint density at radius 1 is 1.06 bits per heavy atom. The molecular weight excluding hydrogens is 719 g/mol. The number of nitrogens with one attached hydrogen (secondary N) is 3. The van der Waals surface area contributed by atoms with E-state index >= 15 is 0 Å². The highest BCUT2D eigenvalue weighted by Gasteiger charge is 2.53. The highest BCUT2D eigenvalue weighted by Crippen LogP contribution is 2.37. The summed E-state index contributed by atoms with van der Waals surface area (Å²) in [6, 6.07) is 5.20. The largest absolute Gasteiger partial charge is 0.497 e. The molecule has 54 heavy (non-hydrogen) atoms. The van der Waals surface area contributed by atoms with Crippen LogP contribution in [0.1, 0.15) is 79.1 Å². The third-order valence-corrected chi connectivity index (χ3v) is 11.6. The molecule has 5 atom stereocenters. The Morgan fingerprint density at radius 2 is 1.80 bits per heavy atom. The third-order valence-electron chi connectivity index (χ3n) is 10.6. The molecule has 3 fully saturated rings. The van der Waals surface area contributed by atoms with E-state index in [4.69, 9.17) is 18.4 Å². The number of carbonyl (C=O) groups excluding carboxylic acids is 4. The van der Waals surface area contributed by atoms with Crippen LogP contribution in [0, 0.1) is 17.3 Å². The SMILES string of the molecule is CCC1C=C[C@]1(NC(=O)[C@@H]1C[C@@H](COc2nccc3cc(OC)ccc23)CN1C(=O)[C@@H](NC(=O)OC1CCCC1)C(C)(C)C)C(=O)NS(=O)(=O)OC1CC1. The number of aromatic nitrogens is 1. The van der Waals surface area contributed by atoms with Crippen LogP contribution in [0.3, 0.4) is 0 Å². The molecule has 4 amide bonds. The zero-order valence-electron chi connectivity index (χ0n) is 31.5. The first kappa shape index (κ1) is 39.3. The minimum Gasteiger partial charge on any atom is -0.497 e. The molecule has 1 unspecified atom stereocenters. The normalized spacial score (nSPS) is 24.8. The van der Waals surface area contributed by atoms with Crippen molar-refractivity contribution in [1.29, 1.82) is 0 Å². The first-order valence-corrected chi connectivity index (χ1v) is 20.1. The van der Waals surface area contributed by atoms with Gasteiger partial charge in [-0.15, -0.1) is 0 Å². The van der Waals surface area contributed by atoms with Crippen LogP contribution < -0.4 is 24.8 Å². The fourth-order valence-electron chi connectivity index (χ4n) is 7.40. The van der Waals surface area contributed by atoms with Gasteiger partial charge >= 0.3 is 16.4 Å². The number of amides is 4. The van der Waals surface area contributed by atoms with Gasteiger partial charge in [-0.25, -0.2) is 14.5 Å². The van der Waals surface area contributed by atoms with E-state index < -0.39 is 69.2 Å². The van der Waals surface area contributed by atoms with Gasteiger partial charge in [0.1, 0.15) is 29.5 Å². The number of hydrogen-bond acceptors (Lipinski definition) is 11. The van der Waals surface area contributed by atoms with Gasteiger partial charge in [-0.2, -0.15) is 8.42 Å². The molecule has 0 radical (unpaired) electrons. The van der Waals surface area contributed by atoms with E-state index in [1.54, 1.807) is 25.4 Å². The fourth-order valence-corrected chi connectivity index (χ4v) is 8.39. The molecule has 2 heterocycles. The van der Waals surface area contributed by atoms with Gasteiger partial charge in [0.25, 0.3) is 5.91 Å². The van der Waals surface area contributed by atoms with Crippen molar-refractivity contribution < 1.29 is 46.0 Å². The number of hydrogen-bond donors (Lipinski definition) is 3. The average Bonchev–Trinajstić information content (AvgIpc) is 3.56. The molecule has 3 aliphatic carbocycles. The summed E-state index contributed by atoms with van der Waals surface area (Å²) < 4.78 is 49.6. The van der Waals surface area contributed by atoms with Crippen LogP contribution in [0.4, 0.5) is 4.79 Å². The number of ether oxygens (including phenoxy) is 3. The van der Waals surface area contributed by atoms with E-state index in [1.165, 1.54) is 11.0 Å². The molecule has 4 aliphatic rings. The van der Waals surface area contributed by atoms with Gasteiger partial charge in [0.2, 0.25) is 17.7 Å². The lowest BCUT2D eigenvalue weighted by atomic mass is 9.72. The number of alkyl carbamates (subject to hydrolysis) is 1. The lowest BCUT2D eigenvalue weighted by Crippen LogP contribution is -2.68. The number of rotatable bonds is 14. The quantitative estimate of drug-likeness (QED) is 0.236. The molecule has 1 aromatic carbocycles. The van der Waals surface area contributed by atoms with Gasteiger partial charge in [-0.3, -0.25) is 18.6 Å². The minimum absolute atomic E-state index is 0.0945. The average molecular weight is 770 g/mol. The number of carbonyl (C=O) groups is 4. The van der Waals surface area contributed by atoms with Crippen molar-refractivity contribution in [3.05, 3.63) is 42.6 Å². The number of pyridine rings is 1. The Hall–Kier alpha value is -4.44. The third kappa shape index (κ3) is 8.75.